The van der Waals surface area contributed by atoms with Gasteiger partial charge in [0.2, 0.25) is 0 Å². The van der Waals surface area contributed by atoms with E-state index in [1.807, 2.05) is 12.1 Å². The number of fused-ring (bicyclic) bond motifs is 1. The van der Waals surface area contributed by atoms with Crippen LogP contribution in [0, 0.1) is 6.92 Å². The van der Waals surface area contributed by atoms with Crippen LogP contribution in [-0.4, -0.2) is 33.1 Å². The molecule has 0 fully saturated rings. The molecule has 0 aromatic heterocycles. The number of aryl methyl sites for hydroxylation is 1. The van der Waals surface area contributed by atoms with Crippen LogP contribution in [0.1, 0.15) is 40.9 Å². The standard InChI is InChI=1S/C23H27NO3/c1-6-24(7-2)19-9-8-16(15(3)10-19)11-18-12-17-13-21(26-4)22(27-5)14-20(17)23(18)25/h8-11,13-14H,6-7,12H2,1-5H3. The molecule has 1 aliphatic rings. The zero-order chi connectivity index (χ0) is 19.6. The molecule has 3 rings (SSSR count). The molecule has 0 saturated heterocycles. The van der Waals surface area contributed by atoms with E-state index in [0.717, 1.165) is 29.8 Å². The van der Waals surface area contributed by atoms with Crippen LogP contribution in [0.2, 0.25) is 0 Å². The molecule has 2 aromatic rings. The van der Waals surface area contributed by atoms with Gasteiger partial charge in [0, 0.05) is 36.3 Å². The first-order valence-corrected chi connectivity index (χ1v) is 9.38. The molecular weight excluding hydrogens is 338 g/mol. The third-order valence-electron chi connectivity index (χ3n) is 5.24. The van der Waals surface area contributed by atoms with Gasteiger partial charge in [0.25, 0.3) is 0 Å². The van der Waals surface area contributed by atoms with E-state index in [0.29, 0.717) is 23.5 Å². The van der Waals surface area contributed by atoms with E-state index in [2.05, 4.69) is 43.9 Å². The number of methoxy groups -OCH3 is 2. The number of allylic oxidation sites excluding steroid dienone is 1. The maximum Gasteiger partial charge on any atom is 0.189 e. The van der Waals surface area contributed by atoms with Gasteiger partial charge in [-0.1, -0.05) is 6.07 Å². The Morgan fingerprint density at radius 2 is 1.70 bits per heavy atom. The fourth-order valence-electron chi connectivity index (χ4n) is 3.65. The number of benzene rings is 2. The Kier molecular flexibility index (Phi) is 5.54. The summed E-state index contributed by atoms with van der Waals surface area (Å²) >= 11 is 0. The minimum absolute atomic E-state index is 0.0678. The molecule has 0 bridgehead atoms. The number of ketones is 1. The maximum absolute atomic E-state index is 12.9. The highest BCUT2D eigenvalue weighted by molar-refractivity contribution is 6.16. The average Bonchev–Trinajstić information content (AvgIpc) is 2.98. The molecule has 0 unspecified atom stereocenters. The second-order valence-corrected chi connectivity index (χ2v) is 6.75. The molecule has 0 N–H and O–H groups in total. The van der Waals surface area contributed by atoms with E-state index >= 15 is 0 Å². The molecule has 0 atom stereocenters. The summed E-state index contributed by atoms with van der Waals surface area (Å²) in [7, 11) is 3.19. The lowest BCUT2D eigenvalue weighted by Crippen LogP contribution is -2.21. The van der Waals surface area contributed by atoms with Crippen LogP contribution in [0.5, 0.6) is 11.5 Å². The largest absolute Gasteiger partial charge is 0.493 e. The van der Waals surface area contributed by atoms with Gasteiger partial charge in [0.15, 0.2) is 17.3 Å². The van der Waals surface area contributed by atoms with Crippen molar-refractivity contribution in [2.45, 2.75) is 27.2 Å². The van der Waals surface area contributed by atoms with Gasteiger partial charge in [-0.15, -0.1) is 0 Å². The number of carbonyl (C=O) groups is 1. The predicted molar refractivity (Wildman–Crippen MR) is 110 cm³/mol. The lowest BCUT2D eigenvalue weighted by molar-refractivity contribution is 0.104. The SMILES string of the molecule is CCN(CC)c1ccc(C=C2Cc3cc(OC)c(OC)cc3C2=O)c(C)c1. The number of rotatable bonds is 6. The summed E-state index contributed by atoms with van der Waals surface area (Å²) in [5, 5.41) is 0. The monoisotopic (exact) mass is 365 g/mol. The van der Waals surface area contributed by atoms with Gasteiger partial charge in [0.1, 0.15) is 0 Å². The third-order valence-corrected chi connectivity index (χ3v) is 5.24. The van der Waals surface area contributed by atoms with E-state index in [-0.39, 0.29) is 5.78 Å². The Balaban J connectivity index is 1.93. The summed E-state index contributed by atoms with van der Waals surface area (Å²) in [6, 6.07) is 10.1. The van der Waals surface area contributed by atoms with Crippen molar-refractivity contribution in [3.63, 3.8) is 0 Å². The zero-order valence-corrected chi connectivity index (χ0v) is 16.8. The first-order valence-electron chi connectivity index (χ1n) is 9.38. The van der Waals surface area contributed by atoms with Crippen LogP contribution in [0.25, 0.3) is 6.08 Å². The first kappa shape index (κ1) is 19.0. The molecule has 0 spiro atoms. The Bertz CT molecular complexity index is 895. The third kappa shape index (κ3) is 3.57. The molecule has 0 heterocycles. The Morgan fingerprint density at radius 1 is 1.04 bits per heavy atom. The lowest BCUT2D eigenvalue weighted by Gasteiger charge is -2.21. The van der Waals surface area contributed by atoms with E-state index in [4.69, 9.17) is 9.47 Å². The number of ether oxygens (including phenoxy) is 2. The minimum Gasteiger partial charge on any atom is -0.493 e. The van der Waals surface area contributed by atoms with Crippen molar-refractivity contribution in [2.75, 3.05) is 32.2 Å². The molecule has 0 saturated carbocycles. The van der Waals surface area contributed by atoms with Gasteiger partial charge in [-0.05, 0) is 67.8 Å². The molecule has 2 aromatic carbocycles. The second-order valence-electron chi connectivity index (χ2n) is 6.75. The second kappa shape index (κ2) is 7.87. The van der Waals surface area contributed by atoms with E-state index < -0.39 is 0 Å². The van der Waals surface area contributed by atoms with Crippen LogP contribution in [0.4, 0.5) is 5.69 Å². The van der Waals surface area contributed by atoms with Crippen molar-refractivity contribution in [1.29, 1.82) is 0 Å². The highest BCUT2D eigenvalue weighted by Crippen LogP contribution is 2.37. The van der Waals surface area contributed by atoms with Gasteiger partial charge in [-0.25, -0.2) is 0 Å². The Morgan fingerprint density at radius 3 is 2.30 bits per heavy atom. The molecule has 1 aliphatic carbocycles. The van der Waals surface area contributed by atoms with Crippen molar-refractivity contribution in [3.8, 4) is 11.5 Å². The van der Waals surface area contributed by atoms with Crippen LogP contribution in [-0.2, 0) is 6.42 Å². The molecule has 27 heavy (non-hydrogen) atoms. The van der Waals surface area contributed by atoms with Crippen LogP contribution in [0.3, 0.4) is 0 Å². The summed E-state index contributed by atoms with van der Waals surface area (Å²) in [6.07, 6.45) is 2.63. The minimum atomic E-state index is 0.0678. The van der Waals surface area contributed by atoms with Crippen LogP contribution < -0.4 is 14.4 Å². The quantitative estimate of drug-likeness (QED) is 0.697. The lowest BCUT2D eigenvalue weighted by atomic mass is 10.0. The van der Waals surface area contributed by atoms with Gasteiger partial charge in [0.05, 0.1) is 14.2 Å². The van der Waals surface area contributed by atoms with Crippen molar-refractivity contribution >= 4 is 17.5 Å². The summed E-state index contributed by atoms with van der Waals surface area (Å²) < 4.78 is 10.7. The van der Waals surface area contributed by atoms with Crippen molar-refractivity contribution < 1.29 is 14.3 Å². The maximum atomic E-state index is 12.9. The van der Waals surface area contributed by atoms with Gasteiger partial charge in [-0.3, -0.25) is 4.79 Å². The number of hydrogen-bond acceptors (Lipinski definition) is 4. The summed E-state index contributed by atoms with van der Waals surface area (Å²) in [6.45, 7) is 8.37. The number of nitrogens with zero attached hydrogens (tertiary/aromatic N) is 1. The number of Topliss-reactive ketones (excluding diaryl/α,β-unsaturated/α-hetero) is 1. The molecule has 4 nitrogen and oxygen atoms in total. The number of anilines is 1. The van der Waals surface area contributed by atoms with Crippen LogP contribution in [0.15, 0.2) is 35.9 Å². The summed E-state index contributed by atoms with van der Waals surface area (Å²) in [4.78, 5) is 15.2. The van der Waals surface area contributed by atoms with Gasteiger partial charge in [-0.2, -0.15) is 0 Å². The van der Waals surface area contributed by atoms with Crippen molar-refractivity contribution in [2.24, 2.45) is 0 Å². The number of hydrogen-bond donors (Lipinski definition) is 0. The highest BCUT2D eigenvalue weighted by atomic mass is 16.5. The molecule has 4 heteroatoms. The van der Waals surface area contributed by atoms with Crippen LogP contribution >= 0.6 is 0 Å². The van der Waals surface area contributed by atoms with Crippen molar-refractivity contribution in [1.82, 2.24) is 0 Å². The normalized spacial score (nSPS) is 14.4. The average molecular weight is 365 g/mol. The molecule has 0 aliphatic heterocycles. The van der Waals surface area contributed by atoms with E-state index in [1.54, 1.807) is 20.3 Å². The predicted octanol–water partition coefficient (Wildman–Crippen LogP) is 4.68. The van der Waals surface area contributed by atoms with Gasteiger partial charge >= 0.3 is 0 Å². The molecule has 142 valence electrons. The van der Waals surface area contributed by atoms with E-state index in [9.17, 15) is 4.79 Å². The topological polar surface area (TPSA) is 38.8 Å². The first-order chi connectivity index (χ1) is 13.0. The molecule has 0 amide bonds. The van der Waals surface area contributed by atoms with Crippen molar-refractivity contribution in [3.05, 3.63) is 58.2 Å². The molecular formula is C23H27NO3. The summed E-state index contributed by atoms with van der Waals surface area (Å²) in [5.74, 6) is 1.31. The van der Waals surface area contributed by atoms with E-state index in [1.165, 1.54) is 11.3 Å². The Hall–Kier alpha value is -2.75. The summed E-state index contributed by atoms with van der Waals surface area (Å²) in [5.41, 5.74) is 5.97. The zero-order valence-electron chi connectivity index (χ0n) is 16.8. The van der Waals surface area contributed by atoms with Gasteiger partial charge < -0.3 is 14.4 Å². The smallest absolute Gasteiger partial charge is 0.189 e. The fraction of sp³-hybridized carbons (Fsp3) is 0.348. The Labute approximate surface area is 161 Å². The molecule has 0 radical (unpaired) electrons. The fourth-order valence-corrected chi connectivity index (χ4v) is 3.65. The number of carbonyl (C=O) groups excluding carboxylic acids is 1. The highest BCUT2D eigenvalue weighted by Gasteiger charge is 2.27.